The first-order chi connectivity index (χ1) is 21.3. The van der Waals surface area contributed by atoms with Gasteiger partial charge in [0, 0.05) is 6.42 Å². The van der Waals surface area contributed by atoms with Crippen LogP contribution in [0.3, 0.4) is 0 Å². The molecule has 0 aromatic carbocycles. The van der Waals surface area contributed by atoms with Crippen LogP contribution in [0.25, 0.3) is 0 Å². The second-order valence-electron chi connectivity index (χ2n) is 14.0. The summed E-state index contributed by atoms with van der Waals surface area (Å²) >= 11 is 0. The largest absolute Gasteiger partial charge is 0.466 e. The third-order valence-electron chi connectivity index (χ3n) is 9.50. The SMILES string of the molecule is CCCCCCCCCCCCCCCCCCCCCCCC(=O)OCCCCCCCCCCCCCCCCC. The van der Waals surface area contributed by atoms with Crippen LogP contribution in [0.4, 0.5) is 0 Å². The van der Waals surface area contributed by atoms with E-state index in [2.05, 4.69) is 13.8 Å². The van der Waals surface area contributed by atoms with Gasteiger partial charge in [0.1, 0.15) is 0 Å². The van der Waals surface area contributed by atoms with Crippen molar-refractivity contribution in [1.82, 2.24) is 0 Å². The van der Waals surface area contributed by atoms with Crippen molar-refractivity contribution in [2.45, 2.75) is 251 Å². The first-order valence-electron chi connectivity index (χ1n) is 20.5. The first kappa shape index (κ1) is 42.5. The monoisotopic (exact) mass is 607 g/mol. The molecule has 0 aliphatic carbocycles. The summed E-state index contributed by atoms with van der Waals surface area (Å²) in [5.74, 6) is 0.0307. The van der Waals surface area contributed by atoms with Gasteiger partial charge in [0.05, 0.1) is 6.61 Å². The highest BCUT2D eigenvalue weighted by atomic mass is 16.5. The Labute approximate surface area is 273 Å². The van der Waals surface area contributed by atoms with Gasteiger partial charge in [0.15, 0.2) is 0 Å². The lowest BCUT2D eigenvalue weighted by atomic mass is 10.0. The maximum atomic E-state index is 12.0. The molecular weight excluding hydrogens is 524 g/mol. The van der Waals surface area contributed by atoms with E-state index in [1.165, 1.54) is 218 Å². The lowest BCUT2D eigenvalue weighted by Crippen LogP contribution is -2.05. The summed E-state index contributed by atoms with van der Waals surface area (Å²) < 4.78 is 5.46. The minimum absolute atomic E-state index is 0.0307. The van der Waals surface area contributed by atoms with E-state index >= 15 is 0 Å². The zero-order chi connectivity index (χ0) is 31.2. The molecule has 2 heteroatoms. The highest BCUT2D eigenvalue weighted by molar-refractivity contribution is 5.69. The number of rotatable bonds is 38. The van der Waals surface area contributed by atoms with Crippen LogP contribution in [0.1, 0.15) is 251 Å². The highest BCUT2D eigenvalue weighted by Gasteiger charge is 2.03. The minimum Gasteiger partial charge on any atom is -0.466 e. The van der Waals surface area contributed by atoms with Gasteiger partial charge >= 0.3 is 5.97 Å². The van der Waals surface area contributed by atoms with E-state index in [4.69, 9.17) is 4.74 Å². The van der Waals surface area contributed by atoms with Crippen molar-refractivity contribution >= 4 is 5.97 Å². The lowest BCUT2D eigenvalue weighted by molar-refractivity contribution is -0.143. The molecule has 0 aromatic rings. The maximum absolute atomic E-state index is 12.0. The lowest BCUT2D eigenvalue weighted by Gasteiger charge is -2.06. The molecular formula is C41H82O2. The second kappa shape index (κ2) is 39.5. The minimum atomic E-state index is 0.0307. The Morgan fingerprint density at radius 3 is 0.767 bits per heavy atom. The van der Waals surface area contributed by atoms with Gasteiger partial charge in [-0.15, -0.1) is 0 Å². The zero-order valence-electron chi connectivity index (χ0n) is 30.2. The van der Waals surface area contributed by atoms with Crippen LogP contribution in [0.15, 0.2) is 0 Å². The molecule has 0 spiro atoms. The van der Waals surface area contributed by atoms with E-state index < -0.39 is 0 Å². The van der Waals surface area contributed by atoms with Crippen molar-refractivity contribution in [3.8, 4) is 0 Å². The number of hydrogen-bond donors (Lipinski definition) is 0. The van der Waals surface area contributed by atoms with Crippen LogP contribution in [-0.2, 0) is 9.53 Å². The Morgan fingerprint density at radius 2 is 0.512 bits per heavy atom. The quantitative estimate of drug-likeness (QED) is 0.0516. The average Bonchev–Trinajstić information content (AvgIpc) is 3.01. The van der Waals surface area contributed by atoms with Crippen LogP contribution in [0.5, 0.6) is 0 Å². The molecule has 0 saturated heterocycles. The molecule has 0 heterocycles. The molecule has 0 aromatic heterocycles. The normalized spacial score (nSPS) is 11.4. The van der Waals surface area contributed by atoms with Crippen LogP contribution in [0.2, 0.25) is 0 Å². The van der Waals surface area contributed by atoms with Crippen LogP contribution in [0, 0.1) is 0 Å². The van der Waals surface area contributed by atoms with Gasteiger partial charge < -0.3 is 4.74 Å². The van der Waals surface area contributed by atoms with E-state index in [1.807, 2.05) is 0 Å². The molecule has 43 heavy (non-hydrogen) atoms. The Hall–Kier alpha value is -0.530. The summed E-state index contributed by atoms with van der Waals surface area (Å²) in [5.41, 5.74) is 0. The topological polar surface area (TPSA) is 26.3 Å². The predicted molar refractivity (Wildman–Crippen MR) is 193 cm³/mol. The molecule has 258 valence electrons. The molecule has 0 radical (unpaired) electrons. The van der Waals surface area contributed by atoms with E-state index in [9.17, 15) is 4.79 Å². The molecule has 0 aliphatic heterocycles. The number of unbranched alkanes of at least 4 members (excludes halogenated alkanes) is 34. The molecule has 0 fully saturated rings. The average molecular weight is 607 g/mol. The van der Waals surface area contributed by atoms with Crippen molar-refractivity contribution < 1.29 is 9.53 Å². The van der Waals surface area contributed by atoms with Crippen molar-refractivity contribution in [1.29, 1.82) is 0 Å². The fraction of sp³-hybridized carbons (Fsp3) is 0.976. The molecule has 2 nitrogen and oxygen atoms in total. The van der Waals surface area contributed by atoms with E-state index in [-0.39, 0.29) is 5.97 Å². The Balaban J connectivity index is 3.14. The molecule has 0 N–H and O–H groups in total. The van der Waals surface area contributed by atoms with E-state index in [0.29, 0.717) is 13.0 Å². The number of carbonyl (C=O) groups excluding carboxylic acids is 1. The molecule has 0 aliphatic rings. The maximum Gasteiger partial charge on any atom is 0.305 e. The van der Waals surface area contributed by atoms with Gasteiger partial charge in [-0.3, -0.25) is 4.79 Å². The van der Waals surface area contributed by atoms with Crippen LogP contribution < -0.4 is 0 Å². The Bertz CT molecular complexity index is 502. The summed E-state index contributed by atoms with van der Waals surface area (Å²) in [5, 5.41) is 0. The fourth-order valence-corrected chi connectivity index (χ4v) is 6.43. The fourth-order valence-electron chi connectivity index (χ4n) is 6.43. The standard InChI is InChI=1S/C41H82O2/c1-3-5-7-9-11-13-15-17-19-20-21-22-23-24-25-27-29-31-33-35-37-39-41(42)43-40-38-36-34-32-30-28-26-18-16-14-12-10-8-6-4-2/h3-40H2,1-2H3. The number of carbonyl (C=O) groups is 1. The molecule has 0 saturated carbocycles. The highest BCUT2D eigenvalue weighted by Crippen LogP contribution is 2.16. The second-order valence-corrected chi connectivity index (χ2v) is 14.0. The zero-order valence-corrected chi connectivity index (χ0v) is 30.2. The third-order valence-corrected chi connectivity index (χ3v) is 9.50. The van der Waals surface area contributed by atoms with Crippen molar-refractivity contribution in [2.75, 3.05) is 6.61 Å². The van der Waals surface area contributed by atoms with Gasteiger partial charge in [-0.1, -0.05) is 232 Å². The van der Waals surface area contributed by atoms with Crippen molar-refractivity contribution in [3.05, 3.63) is 0 Å². The Morgan fingerprint density at radius 1 is 0.302 bits per heavy atom. The van der Waals surface area contributed by atoms with Gasteiger partial charge in [-0.25, -0.2) is 0 Å². The Kier molecular flexibility index (Phi) is 39.0. The molecule has 0 unspecified atom stereocenters. The predicted octanol–water partition coefficient (Wildman–Crippen LogP) is 15.0. The summed E-state index contributed by atoms with van der Waals surface area (Å²) in [7, 11) is 0. The van der Waals surface area contributed by atoms with Gasteiger partial charge in [0.25, 0.3) is 0 Å². The number of hydrogen-bond acceptors (Lipinski definition) is 2. The summed E-state index contributed by atoms with van der Waals surface area (Å²) in [4.78, 5) is 12.0. The smallest absolute Gasteiger partial charge is 0.305 e. The van der Waals surface area contributed by atoms with Crippen molar-refractivity contribution in [2.24, 2.45) is 0 Å². The summed E-state index contributed by atoms with van der Waals surface area (Å²) in [6.07, 6.45) is 50.5. The van der Waals surface area contributed by atoms with Gasteiger partial charge in [-0.2, -0.15) is 0 Å². The van der Waals surface area contributed by atoms with Gasteiger partial charge in [-0.05, 0) is 12.8 Å². The molecule has 0 bridgehead atoms. The van der Waals surface area contributed by atoms with Crippen LogP contribution >= 0.6 is 0 Å². The number of esters is 1. The van der Waals surface area contributed by atoms with Gasteiger partial charge in [0.2, 0.25) is 0 Å². The van der Waals surface area contributed by atoms with E-state index in [0.717, 1.165) is 12.8 Å². The third kappa shape index (κ3) is 39.4. The van der Waals surface area contributed by atoms with Crippen LogP contribution in [-0.4, -0.2) is 12.6 Å². The van der Waals surface area contributed by atoms with Crippen molar-refractivity contribution in [3.63, 3.8) is 0 Å². The molecule has 0 rings (SSSR count). The van der Waals surface area contributed by atoms with E-state index in [1.54, 1.807) is 0 Å². The first-order valence-corrected chi connectivity index (χ1v) is 20.5. The molecule has 0 amide bonds. The summed E-state index contributed by atoms with van der Waals surface area (Å²) in [6, 6.07) is 0. The summed E-state index contributed by atoms with van der Waals surface area (Å²) in [6.45, 7) is 5.23. The number of ether oxygens (including phenoxy) is 1. The molecule has 0 atom stereocenters.